The Morgan fingerprint density at radius 2 is 1.50 bits per heavy atom. The highest BCUT2D eigenvalue weighted by atomic mass is 13.9. The van der Waals surface area contributed by atoms with Gasteiger partial charge in [0.1, 0.15) is 0 Å². The summed E-state index contributed by atoms with van der Waals surface area (Å²) in [5.74, 6) is 0. The highest BCUT2D eigenvalue weighted by Gasteiger charge is 1.85. The smallest absolute Gasteiger partial charge is 0.0310 e. The highest BCUT2D eigenvalue weighted by molar-refractivity contribution is 4.80. The maximum atomic E-state index is 7.71. The highest BCUT2D eigenvalue weighted by Crippen LogP contribution is 2.05. The van der Waals surface area contributed by atoms with Gasteiger partial charge in [-0.25, -0.2) is 0 Å². The summed E-state index contributed by atoms with van der Waals surface area (Å²) in [4.78, 5) is 0. The zero-order valence-electron chi connectivity index (χ0n) is 10.6. The molecule has 0 aliphatic carbocycles. The Bertz CT molecular complexity index is 143. The quantitative estimate of drug-likeness (QED) is 0.366. The third kappa shape index (κ3) is 9.74. The number of allylic oxidation sites excluding steroid dienone is 2. The van der Waals surface area contributed by atoms with Crippen LogP contribution in [0.4, 0.5) is 0 Å². The topological polar surface area (TPSA) is 0 Å². The fourth-order valence-corrected chi connectivity index (χ4v) is 1.08. The lowest BCUT2D eigenvalue weighted by Gasteiger charge is -1.95. The van der Waals surface area contributed by atoms with Crippen molar-refractivity contribution in [3.05, 3.63) is 12.2 Å². The maximum Gasteiger partial charge on any atom is 0.0310 e. The summed E-state index contributed by atoms with van der Waals surface area (Å²) >= 11 is 0. The summed E-state index contributed by atoms with van der Waals surface area (Å²) in [6, 6.07) is 0. The molecular formula is C12H24. The van der Waals surface area contributed by atoms with Crippen LogP contribution in [-0.4, -0.2) is 0 Å². The van der Waals surface area contributed by atoms with Gasteiger partial charge in [-0.05, 0) is 19.2 Å². The van der Waals surface area contributed by atoms with Crippen molar-refractivity contribution in [3.8, 4) is 0 Å². The summed E-state index contributed by atoms with van der Waals surface area (Å²) < 4.78 is 15.2. The van der Waals surface area contributed by atoms with Crippen LogP contribution >= 0.6 is 0 Å². The lowest BCUT2D eigenvalue weighted by Crippen LogP contribution is -1.75. The van der Waals surface area contributed by atoms with E-state index in [1.54, 1.807) is 0 Å². The molecule has 0 bridgehead atoms. The fraction of sp³-hybridized carbons (Fsp3) is 0.833. The maximum absolute atomic E-state index is 7.71. The van der Waals surface area contributed by atoms with Gasteiger partial charge in [0.15, 0.2) is 0 Å². The number of hydrogen-bond donors (Lipinski definition) is 0. The Morgan fingerprint density at radius 1 is 0.833 bits per heavy atom. The molecule has 0 aromatic rings. The number of rotatable bonds is 8. The summed E-state index contributed by atoms with van der Waals surface area (Å²) in [7, 11) is 0. The molecule has 0 amide bonds. The second-order valence-corrected chi connectivity index (χ2v) is 3.11. The van der Waals surface area contributed by atoms with Crippen LogP contribution in [0, 0.1) is 0 Å². The van der Waals surface area contributed by atoms with Crippen molar-refractivity contribution in [3.63, 3.8) is 0 Å². The van der Waals surface area contributed by atoms with Crippen LogP contribution in [0.15, 0.2) is 12.2 Å². The molecule has 12 heavy (non-hydrogen) atoms. The van der Waals surface area contributed by atoms with Gasteiger partial charge in [-0.15, -0.1) is 0 Å². The van der Waals surface area contributed by atoms with Crippen LogP contribution in [0.25, 0.3) is 0 Å². The largest absolute Gasteiger partial charge is 0.0885 e. The Balaban J connectivity index is 3.44. The minimum absolute atomic E-state index is 0.0914. The molecular weight excluding hydrogens is 144 g/mol. The second-order valence-electron chi connectivity index (χ2n) is 3.11. The van der Waals surface area contributed by atoms with E-state index in [-0.39, 0.29) is 12.8 Å². The van der Waals surface area contributed by atoms with Crippen molar-refractivity contribution in [1.29, 1.82) is 0 Å². The molecule has 0 aliphatic heterocycles. The van der Waals surface area contributed by atoms with Gasteiger partial charge in [-0.2, -0.15) is 0 Å². The zero-order chi connectivity index (χ0) is 10.8. The summed E-state index contributed by atoms with van der Waals surface area (Å²) in [5, 5.41) is 0. The van der Waals surface area contributed by atoms with Gasteiger partial charge in [-0.1, -0.05) is 58.1 Å². The normalized spacial score (nSPS) is 18.8. The monoisotopic (exact) mass is 170 g/mol. The van der Waals surface area contributed by atoms with Gasteiger partial charge < -0.3 is 0 Å². The first kappa shape index (κ1) is 8.34. The molecule has 0 radical (unpaired) electrons. The lowest BCUT2D eigenvalue weighted by molar-refractivity contribution is 0.637. The summed E-state index contributed by atoms with van der Waals surface area (Å²) in [6.45, 7) is 4.20. The van der Waals surface area contributed by atoms with E-state index in [0.29, 0.717) is 0 Å². The molecule has 0 saturated heterocycles. The van der Waals surface area contributed by atoms with E-state index in [9.17, 15) is 0 Å². The van der Waals surface area contributed by atoms with Crippen molar-refractivity contribution in [1.82, 2.24) is 0 Å². The van der Waals surface area contributed by atoms with E-state index < -0.39 is 0 Å². The number of hydrogen-bond acceptors (Lipinski definition) is 0. The minimum Gasteiger partial charge on any atom is -0.0885 e. The van der Waals surface area contributed by atoms with E-state index in [2.05, 4.69) is 6.92 Å². The molecule has 2 unspecified atom stereocenters. The molecule has 0 N–H and O–H groups in total. The molecule has 0 spiro atoms. The molecule has 0 heterocycles. The van der Waals surface area contributed by atoms with E-state index in [1.165, 1.54) is 19.3 Å². The molecule has 0 fully saturated rings. The zero-order valence-corrected chi connectivity index (χ0v) is 8.55. The van der Waals surface area contributed by atoms with Crippen LogP contribution in [0.1, 0.15) is 67.9 Å². The second kappa shape index (κ2) is 10.7. The molecule has 0 aliphatic rings. The average Bonchev–Trinajstić information content (AvgIpc) is 2.21. The van der Waals surface area contributed by atoms with Crippen LogP contribution in [0.2, 0.25) is 0 Å². The first-order valence-corrected chi connectivity index (χ1v) is 5.23. The molecule has 0 aromatic heterocycles. The first-order valence-electron chi connectivity index (χ1n) is 6.39. The molecule has 2 atom stereocenters. The third-order valence-electron chi connectivity index (χ3n) is 1.84. The Hall–Kier alpha value is -0.260. The Morgan fingerprint density at radius 3 is 2.17 bits per heavy atom. The van der Waals surface area contributed by atoms with Gasteiger partial charge in [0.25, 0.3) is 0 Å². The summed E-state index contributed by atoms with van der Waals surface area (Å²) in [5.41, 5.74) is 0. The van der Waals surface area contributed by atoms with Gasteiger partial charge in [0, 0.05) is 2.74 Å². The molecule has 0 nitrogen and oxygen atoms in total. The molecule has 72 valence electrons. The third-order valence-corrected chi connectivity index (χ3v) is 1.84. The van der Waals surface area contributed by atoms with Crippen molar-refractivity contribution in [2.45, 2.75) is 65.2 Å². The van der Waals surface area contributed by atoms with E-state index in [1.807, 2.05) is 19.1 Å². The van der Waals surface area contributed by atoms with Crippen LogP contribution in [0.3, 0.4) is 0 Å². The van der Waals surface area contributed by atoms with Crippen LogP contribution in [-0.2, 0) is 0 Å². The van der Waals surface area contributed by atoms with E-state index >= 15 is 0 Å². The van der Waals surface area contributed by atoms with Crippen molar-refractivity contribution >= 4 is 0 Å². The SMILES string of the molecule is [2H]C(C=CC([2H])CCCCCC)CC. The number of unbranched alkanes of at least 4 members (excludes halogenated alkanes) is 3. The average molecular weight is 170 g/mol. The molecule has 0 aromatic carbocycles. The first-order chi connectivity index (χ1) is 6.70. The molecule has 0 saturated carbocycles. The van der Waals surface area contributed by atoms with Crippen molar-refractivity contribution in [2.75, 3.05) is 0 Å². The van der Waals surface area contributed by atoms with Crippen LogP contribution < -0.4 is 0 Å². The van der Waals surface area contributed by atoms with Gasteiger partial charge >= 0.3 is 0 Å². The fourth-order valence-electron chi connectivity index (χ4n) is 1.08. The lowest BCUT2D eigenvalue weighted by atomic mass is 10.1. The van der Waals surface area contributed by atoms with E-state index in [0.717, 1.165) is 19.3 Å². The standard InChI is InChI=1S/C12H24/c1-3-5-7-9-11-12-10-8-6-4-2/h7,9H,3-6,8,10-12H2,1-2H3/i5D,11D. The predicted octanol–water partition coefficient (Wildman–Crippen LogP) is 4.70. The van der Waals surface area contributed by atoms with Gasteiger partial charge in [0.2, 0.25) is 0 Å². The van der Waals surface area contributed by atoms with Crippen molar-refractivity contribution < 1.29 is 2.74 Å². The molecule has 0 rings (SSSR count). The Labute approximate surface area is 80.9 Å². The summed E-state index contributed by atoms with van der Waals surface area (Å²) in [6.07, 6.45) is 10.3. The molecule has 0 heteroatoms. The predicted molar refractivity (Wildman–Crippen MR) is 57.4 cm³/mol. The van der Waals surface area contributed by atoms with Gasteiger partial charge in [0.05, 0.1) is 0 Å². The van der Waals surface area contributed by atoms with Crippen LogP contribution in [0.5, 0.6) is 0 Å². The van der Waals surface area contributed by atoms with E-state index in [4.69, 9.17) is 2.74 Å². The van der Waals surface area contributed by atoms with Crippen molar-refractivity contribution in [2.24, 2.45) is 0 Å². The minimum atomic E-state index is -0.113. The van der Waals surface area contributed by atoms with Gasteiger partial charge in [-0.3, -0.25) is 0 Å². The Kier molecular flexibility index (Phi) is 7.47.